The zero-order valence-electron chi connectivity index (χ0n) is 5.39. The summed E-state index contributed by atoms with van der Waals surface area (Å²) in [5.41, 5.74) is 0. The quantitative estimate of drug-likeness (QED) is 0.431. The first-order chi connectivity index (χ1) is 4.81. The van der Waals surface area contributed by atoms with Gasteiger partial charge in [0.05, 0.1) is 6.61 Å². The van der Waals surface area contributed by atoms with Gasteiger partial charge < -0.3 is 19.8 Å². The third-order valence-electron chi connectivity index (χ3n) is 0.366. The van der Waals surface area contributed by atoms with Gasteiger partial charge >= 0.3 is 7.82 Å². The lowest BCUT2D eigenvalue weighted by Crippen LogP contribution is -2.03. The van der Waals surface area contributed by atoms with E-state index in [-0.39, 0.29) is 11.4 Å². The Balaban J connectivity index is 0. The number of aliphatic hydroxyl groups excluding tert-OH is 1. The van der Waals surface area contributed by atoms with Crippen molar-refractivity contribution in [3.05, 3.63) is 0 Å². The summed E-state index contributed by atoms with van der Waals surface area (Å²) in [6, 6.07) is 0. The molecule has 70 valence electrons. The predicted octanol–water partition coefficient (Wildman–Crippen LogP) is 0.208. The lowest BCUT2D eigenvalue weighted by atomic mass is 10.5. The number of rotatable bonds is 2. The molecule has 5 nitrogen and oxygen atoms in total. The number of halogens is 2. The average molecular weight is 316 g/mol. The molecule has 0 aromatic carbocycles. The van der Waals surface area contributed by atoms with Crippen LogP contribution in [0.2, 0.25) is 0 Å². The fourth-order valence-corrected chi connectivity index (χ4v) is 0.254. The number of phosphoric acid groups is 1. The van der Waals surface area contributed by atoms with E-state index in [1.165, 1.54) is 0 Å². The summed E-state index contributed by atoms with van der Waals surface area (Å²) < 4.78 is 8.88. The van der Waals surface area contributed by atoms with Gasteiger partial charge in [0.1, 0.15) is 0 Å². The van der Waals surface area contributed by atoms with Gasteiger partial charge in [-0.25, -0.2) is 4.57 Å². The monoisotopic (exact) mass is 314 g/mol. The van der Waals surface area contributed by atoms with Crippen LogP contribution in [0, 0.1) is 0 Å². The van der Waals surface area contributed by atoms with Gasteiger partial charge in [0.25, 0.3) is 0 Å². The van der Waals surface area contributed by atoms with E-state index in [0.717, 1.165) is 5.33 Å². The Kier molecular flexibility index (Phi) is 10.1. The molecule has 0 rings (SSSR count). The minimum absolute atomic E-state index is 0.200. The SMILES string of the molecule is O=P(O)(O)O.OCC(Br)CBr. The molecule has 11 heavy (non-hydrogen) atoms. The topological polar surface area (TPSA) is 98.0 Å². The first-order valence-corrected chi connectivity index (χ1v) is 6.00. The predicted molar refractivity (Wildman–Crippen MR) is 47.9 cm³/mol. The maximum absolute atomic E-state index is 8.88. The normalized spacial score (nSPS) is 13.3. The highest BCUT2D eigenvalue weighted by Crippen LogP contribution is 2.25. The van der Waals surface area contributed by atoms with Gasteiger partial charge in [0, 0.05) is 10.2 Å². The summed E-state index contributed by atoms with van der Waals surface area (Å²) in [7, 11) is -4.64. The van der Waals surface area contributed by atoms with Crippen molar-refractivity contribution in [1.82, 2.24) is 0 Å². The van der Waals surface area contributed by atoms with Crippen LogP contribution in [-0.4, -0.2) is 36.6 Å². The summed E-state index contributed by atoms with van der Waals surface area (Å²) in [5.74, 6) is 0. The molecule has 0 saturated heterocycles. The lowest BCUT2D eigenvalue weighted by Gasteiger charge is -1.94. The minimum Gasteiger partial charge on any atom is -0.395 e. The van der Waals surface area contributed by atoms with Crippen molar-refractivity contribution in [1.29, 1.82) is 0 Å². The zero-order valence-corrected chi connectivity index (χ0v) is 9.46. The van der Waals surface area contributed by atoms with Crippen molar-refractivity contribution in [2.75, 3.05) is 11.9 Å². The number of aliphatic hydroxyl groups is 1. The second-order valence-corrected chi connectivity index (χ2v) is 4.42. The molecule has 0 heterocycles. The highest BCUT2D eigenvalue weighted by atomic mass is 79.9. The molecule has 0 bridgehead atoms. The summed E-state index contributed by atoms with van der Waals surface area (Å²) >= 11 is 6.35. The van der Waals surface area contributed by atoms with Crippen molar-refractivity contribution >= 4 is 39.7 Å². The molecule has 0 fully saturated rings. The van der Waals surface area contributed by atoms with Crippen molar-refractivity contribution in [2.24, 2.45) is 0 Å². The Morgan fingerprint density at radius 3 is 1.64 bits per heavy atom. The average Bonchev–Trinajstić information content (AvgIpc) is 1.83. The Bertz CT molecular complexity index is 113. The fraction of sp³-hybridized carbons (Fsp3) is 1.00. The maximum atomic E-state index is 8.88. The first-order valence-electron chi connectivity index (χ1n) is 2.40. The van der Waals surface area contributed by atoms with E-state index in [1.807, 2.05) is 0 Å². The molecule has 0 aliphatic carbocycles. The standard InChI is InChI=1S/C3H6Br2O.H3O4P/c4-1-3(5)2-6;1-5(2,3)4/h3,6H,1-2H2;(H3,1,2,3,4). The first kappa shape index (κ1) is 14.5. The van der Waals surface area contributed by atoms with Gasteiger partial charge in [-0.2, -0.15) is 0 Å². The molecule has 4 N–H and O–H groups in total. The summed E-state index contributed by atoms with van der Waals surface area (Å²) in [5, 5.41) is 9.07. The second kappa shape index (κ2) is 7.67. The molecule has 0 aromatic heterocycles. The van der Waals surface area contributed by atoms with E-state index in [9.17, 15) is 0 Å². The van der Waals surface area contributed by atoms with E-state index < -0.39 is 7.82 Å². The number of hydrogen-bond donors (Lipinski definition) is 4. The van der Waals surface area contributed by atoms with E-state index in [2.05, 4.69) is 31.9 Å². The molecule has 1 atom stereocenters. The Labute approximate surface area is 80.9 Å². The van der Waals surface area contributed by atoms with Crippen molar-refractivity contribution in [3.63, 3.8) is 0 Å². The van der Waals surface area contributed by atoms with Gasteiger partial charge in [-0.3, -0.25) is 0 Å². The van der Waals surface area contributed by atoms with Crippen LogP contribution in [0.4, 0.5) is 0 Å². The molecule has 0 aliphatic rings. The molecule has 1 unspecified atom stereocenters. The number of alkyl halides is 2. The Morgan fingerprint density at radius 2 is 1.64 bits per heavy atom. The van der Waals surface area contributed by atoms with Crippen LogP contribution in [0.5, 0.6) is 0 Å². The molecule has 0 spiro atoms. The lowest BCUT2D eigenvalue weighted by molar-refractivity contribution is 0.275. The van der Waals surface area contributed by atoms with Crippen molar-refractivity contribution in [3.8, 4) is 0 Å². The Morgan fingerprint density at radius 1 is 1.36 bits per heavy atom. The smallest absolute Gasteiger partial charge is 0.395 e. The highest BCUT2D eigenvalue weighted by molar-refractivity contribution is 9.12. The van der Waals surface area contributed by atoms with E-state index in [0.29, 0.717) is 0 Å². The summed E-state index contributed by atoms with van der Waals surface area (Å²) in [6.45, 7) is 0.200. The zero-order chi connectivity index (χ0) is 9.49. The fourth-order valence-electron chi connectivity index (χ4n) is 0.0488. The van der Waals surface area contributed by atoms with Gasteiger partial charge in [-0.1, -0.05) is 31.9 Å². The second-order valence-electron chi connectivity index (χ2n) is 1.45. The molecule has 0 aromatic rings. The number of hydrogen-bond acceptors (Lipinski definition) is 2. The van der Waals surface area contributed by atoms with Gasteiger partial charge in [0.15, 0.2) is 0 Å². The van der Waals surface area contributed by atoms with E-state index in [4.69, 9.17) is 24.4 Å². The van der Waals surface area contributed by atoms with Gasteiger partial charge in [-0.05, 0) is 0 Å². The minimum atomic E-state index is -4.64. The van der Waals surface area contributed by atoms with Crippen molar-refractivity contribution < 1.29 is 24.4 Å². The van der Waals surface area contributed by atoms with Gasteiger partial charge in [-0.15, -0.1) is 0 Å². The van der Waals surface area contributed by atoms with E-state index >= 15 is 0 Å². The van der Waals surface area contributed by atoms with Crippen LogP contribution in [0.3, 0.4) is 0 Å². The van der Waals surface area contributed by atoms with Gasteiger partial charge in [0.2, 0.25) is 0 Å². The molecule has 0 aliphatic heterocycles. The summed E-state index contributed by atoms with van der Waals surface area (Å²) in [4.78, 5) is 21.8. The third-order valence-corrected chi connectivity index (χ3v) is 2.63. The van der Waals surface area contributed by atoms with E-state index in [1.54, 1.807) is 0 Å². The van der Waals surface area contributed by atoms with Crippen LogP contribution in [0.1, 0.15) is 0 Å². The largest absolute Gasteiger partial charge is 0.466 e. The molecule has 0 saturated carbocycles. The molecule has 0 radical (unpaired) electrons. The van der Waals surface area contributed by atoms with Crippen LogP contribution < -0.4 is 0 Å². The van der Waals surface area contributed by atoms with Crippen LogP contribution >= 0.6 is 39.7 Å². The highest BCUT2D eigenvalue weighted by Gasteiger charge is 2.00. The molecule has 0 amide bonds. The van der Waals surface area contributed by atoms with Crippen LogP contribution in [-0.2, 0) is 4.57 Å². The maximum Gasteiger partial charge on any atom is 0.466 e. The molecular weight excluding hydrogens is 307 g/mol. The van der Waals surface area contributed by atoms with Crippen molar-refractivity contribution in [2.45, 2.75) is 4.83 Å². The molecule has 8 heteroatoms. The molecular formula is C3H9Br2O5P. The van der Waals surface area contributed by atoms with Crippen LogP contribution in [0.15, 0.2) is 0 Å². The summed E-state index contributed by atoms with van der Waals surface area (Å²) in [6.07, 6.45) is 0. The Hall–Kier alpha value is 1.03. The third kappa shape index (κ3) is 35.5. The van der Waals surface area contributed by atoms with Crippen LogP contribution in [0.25, 0.3) is 0 Å².